The number of pyridine rings is 3. The second-order valence-electron chi connectivity index (χ2n) is 29.2. The fraction of sp³-hybridized carbons (Fsp3) is 0.385. The standard InChI is InChI=1S/C26H26BrF3N8O4.C21H17BrFN7O4.C21H18BrFN6O5.C5H9F2N.C5H10O/c27-19-3-1-4-20(33-19)34-24(41)18-9-14(28)11-37(18)21(39)12-38-17-6-5-15(10-16(17)22(35-38)23(31)40)32-25(42)36-8-2-7-26(29,30)13-36;22-16-2-1-3-17(26-16)27-21(34)15-6-11(23)8-29(15)18(32)9-30-14-5-4-12(25-10-31)7-13(14)19(28-30)20(24)33;22-15-2-1-3-16(25-15)26-20(32)14-7-11(23)8-28(14)17(30)9-29-13-5-4-10(21(33)34)6-12(13)18(27-29)19(24)31;6-5(7)2-1-3-8-4-5;1-5-3-2-4-6-5/h1,3-6,10,14,18H,2,7-9,11-13H2,(H2,31,40)(H,32,42)(H,33,34,41);1-5,7,11,15H,6,8-9H2,(H2,24,33)(H,26,27,34);1-6,11,14H,7-9H2,(H2,24,31)(H,33,34)(H,25,26,32);8H,1-4H2;5H,2-4H2,1H3/t14-,18+;11-,15+;11-,14+;;/m111../s1. The summed E-state index contributed by atoms with van der Waals surface area (Å²) in [5, 5.41) is 35.1. The molecule has 1 unspecified atom stereocenters. The summed E-state index contributed by atoms with van der Waals surface area (Å²) in [5.74, 6) is -12.1. The zero-order valence-corrected chi connectivity index (χ0v) is 70.4. The first-order chi connectivity index (χ1) is 58.9. The molecule has 12 N–H and O–H groups in total. The third kappa shape index (κ3) is 24.0. The van der Waals surface area contributed by atoms with Crippen molar-refractivity contribution in [3.8, 4) is 0 Å². The van der Waals surface area contributed by atoms with Crippen LogP contribution in [-0.4, -0.2) is 247 Å². The first-order valence-electron chi connectivity index (χ1n) is 38.4. The van der Waals surface area contributed by atoms with E-state index in [1.807, 2.05) is 0 Å². The molecule has 6 saturated heterocycles. The van der Waals surface area contributed by atoms with E-state index in [2.05, 4.69) is 117 Å². The number of carboxylic acid groups (broad SMARTS) is 1. The second kappa shape index (κ2) is 40.8. The van der Waals surface area contributed by atoms with Crippen LogP contribution < -0.4 is 43.8 Å². The number of carbonyl (C=O) groups is 11. The molecule has 46 heteroatoms. The highest BCUT2D eigenvalue weighted by Crippen LogP contribution is 2.33. The van der Waals surface area contributed by atoms with Crippen LogP contribution in [0.5, 0.6) is 0 Å². The molecule has 124 heavy (non-hydrogen) atoms. The minimum Gasteiger partial charge on any atom is -0.478 e. The van der Waals surface area contributed by atoms with Crippen molar-refractivity contribution in [1.29, 1.82) is 0 Å². The number of hydrogen-bond acceptors (Lipinski definition) is 21. The number of carboxylic acids is 1. The number of ether oxygens (including phenoxy) is 1. The maximum atomic E-state index is 14.4. The molecule has 6 aliphatic rings. The van der Waals surface area contributed by atoms with E-state index in [1.54, 1.807) is 54.6 Å². The van der Waals surface area contributed by atoms with Gasteiger partial charge in [-0.1, -0.05) is 18.2 Å². The molecule has 6 aliphatic heterocycles. The van der Waals surface area contributed by atoms with Gasteiger partial charge in [-0.05, 0) is 178 Å². The summed E-state index contributed by atoms with van der Waals surface area (Å²) in [6, 6.07) is 23.4. The van der Waals surface area contributed by atoms with Crippen molar-refractivity contribution in [2.75, 3.05) is 73.7 Å². The molecule has 12 heterocycles. The van der Waals surface area contributed by atoms with E-state index in [0.29, 0.717) is 42.9 Å². The highest BCUT2D eigenvalue weighted by molar-refractivity contribution is 9.11. The Hall–Kier alpha value is -12.3. The number of benzene rings is 3. The third-order valence-corrected chi connectivity index (χ3v) is 21.4. The van der Waals surface area contributed by atoms with Crippen molar-refractivity contribution in [2.45, 2.75) is 139 Å². The predicted molar refractivity (Wildman–Crippen MR) is 443 cm³/mol. The van der Waals surface area contributed by atoms with Crippen LogP contribution in [0.15, 0.2) is 128 Å². The van der Waals surface area contributed by atoms with Gasteiger partial charge in [0.2, 0.25) is 41.5 Å². The molecule has 0 aliphatic carbocycles. The number of anilines is 4. The van der Waals surface area contributed by atoms with Gasteiger partial charge in [0.1, 0.15) is 87.5 Å². The molecule has 9 aromatic rings. The minimum atomic E-state index is -2.97. The number of aromatic nitrogens is 9. The van der Waals surface area contributed by atoms with Crippen LogP contribution in [0.3, 0.4) is 0 Å². The van der Waals surface area contributed by atoms with Crippen molar-refractivity contribution in [1.82, 2.24) is 69.2 Å². The van der Waals surface area contributed by atoms with Gasteiger partial charge in [-0.15, -0.1) is 0 Å². The number of nitrogens with one attached hydrogen (secondary N) is 5. The molecule has 6 fully saturated rings. The quantitative estimate of drug-likeness (QED) is 0.0168. The lowest BCUT2D eigenvalue weighted by molar-refractivity contribution is -0.137. The van der Waals surface area contributed by atoms with Crippen LogP contribution in [0, 0.1) is 0 Å². The van der Waals surface area contributed by atoms with Gasteiger partial charge in [0.15, 0.2) is 17.1 Å². The Labute approximate surface area is 724 Å². The van der Waals surface area contributed by atoms with E-state index in [0.717, 1.165) is 32.8 Å². The summed E-state index contributed by atoms with van der Waals surface area (Å²) >= 11 is 9.62. The molecule has 7 atom stereocenters. The van der Waals surface area contributed by atoms with Gasteiger partial charge in [-0.25, -0.2) is 60.1 Å². The molecule has 0 saturated carbocycles. The van der Waals surface area contributed by atoms with Crippen LogP contribution in [0.2, 0.25) is 0 Å². The zero-order valence-electron chi connectivity index (χ0n) is 65.6. The maximum absolute atomic E-state index is 14.4. The molecule has 656 valence electrons. The number of primary amides is 3. The smallest absolute Gasteiger partial charge is 0.335 e. The number of halogens is 10. The van der Waals surface area contributed by atoms with Crippen molar-refractivity contribution in [3.05, 3.63) is 146 Å². The fourth-order valence-corrected chi connectivity index (χ4v) is 15.4. The Balaban J connectivity index is 0.000000168. The fourth-order valence-electron chi connectivity index (χ4n) is 14.3. The van der Waals surface area contributed by atoms with Crippen LogP contribution in [-0.2, 0) is 57.9 Å². The lowest BCUT2D eigenvalue weighted by Crippen LogP contribution is -2.47. The van der Waals surface area contributed by atoms with E-state index >= 15 is 0 Å². The van der Waals surface area contributed by atoms with Crippen LogP contribution in [0.1, 0.15) is 107 Å². The van der Waals surface area contributed by atoms with Gasteiger partial charge in [-0.2, -0.15) is 20.3 Å². The van der Waals surface area contributed by atoms with Crippen molar-refractivity contribution in [2.24, 2.45) is 22.2 Å². The average molecular weight is 1920 g/mol. The van der Waals surface area contributed by atoms with E-state index in [4.69, 9.17) is 21.9 Å². The summed E-state index contributed by atoms with van der Waals surface area (Å²) in [5.41, 5.74) is 17.1. The molecule has 3 aromatic carbocycles. The lowest BCUT2D eigenvalue weighted by atomic mass is 10.1. The molecule has 0 bridgehead atoms. The SMILES string of the molecule is CC1CCCO1.FC1(F)CCCNC1.NC(=O)c1nn(CC(=O)N2C[C@H](F)C[C@H]2C(=O)Nc2cccc(Br)n2)c2ccc(C(=O)O)cc12.NC(=O)c1nn(CC(=O)N2C[C@H](F)C[C@H]2C(=O)Nc2cccc(Br)n2)c2ccc(N=C=O)cc12.NC(=O)c1nn(CC(=O)N2C[C@H](F)C[C@H]2C(=O)Nc2cccc(Br)n2)c2ccc(NC(=O)N3CCCC(F)(F)C3)cc12. The highest BCUT2D eigenvalue weighted by Gasteiger charge is 2.44. The number of nitrogens with zero attached hydrogens (tertiary/aromatic N) is 14. The molecule has 0 spiro atoms. The summed E-state index contributed by atoms with van der Waals surface area (Å²) in [4.78, 5) is 168. The Morgan fingerprint density at radius 1 is 0.556 bits per heavy atom. The summed E-state index contributed by atoms with van der Waals surface area (Å²) in [6.45, 7) is 1.11. The first kappa shape index (κ1) is 92.5. The number of rotatable bonds is 18. The van der Waals surface area contributed by atoms with Crippen molar-refractivity contribution < 1.29 is 98.1 Å². The number of amides is 11. The van der Waals surface area contributed by atoms with Crippen LogP contribution >= 0.6 is 47.8 Å². The van der Waals surface area contributed by atoms with Crippen molar-refractivity contribution in [3.63, 3.8) is 0 Å². The van der Waals surface area contributed by atoms with Gasteiger partial charge in [0, 0.05) is 67.1 Å². The molecule has 11 amide bonds. The molecule has 6 aromatic heterocycles. The number of hydrogen-bond donors (Lipinski definition) is 9. The highest BCUT2D eigenvalue weighted by atomic mass is 79.9. The number of piperidine rings is 2. The largest absolute Gasteiger partial charge is 0.478 e. The van der Waals surface area contributed by atoms with Gasteiger partial charge < -0.3 is 73.2 Å². The molecule has 15 rings (SSSR count). The van der Waals surface area contributed by atoms with Gasteiger partial charge in [-0.3, -0.25) is 57.2 Å². The van der Waals surface area contributed by atoms with E-state index < -0.39 is 133 Å². The number of isocyanates is 1. The van der Waals surface area contributed by atoms with E-state index in [1.165, 1.54) is 87.6 Å². The number of nitrogens with two attached hydrogens (primary N) is 3. The Morgan fingerprint density at radius 3 is 1.33 bits per heavy atom. The van der Waals surface area contributed by atoms with Crippen LogP contribution in [0.25, 0.3) is 32.7 Å². The Kier molecular flexibility index (Phi) is 30.4. The molecular formula is C78H80Br3F7N22O14. The number of alkyl halides is 7. The van der Waals surface area contributed by atoms with Crippen molar-refractivity contribution >= 4 is 181 Å². The van der Waals surface area contributed by atoms with Gasteiger partial charge in [0.25, 0.3) is 29.6 Å². The summed E-state index contributed by atoms with van der Waals surface area (Å²) in [6.07, 6.45) is 0.254. The number of urea groups is 1. The zero-order chi connectivity index (χ0) is 89.6. The predicted octanol–water partition coefficient (Wildman–Crippen LogP) is 8.73. The second-order valence-corrected chi connectivity index (χ2v) is 31.7. The maximum Gasteiger partial charge on any atom is 0.335 e. The Bertz CT molecular complexity index is 5420. The number of aliphatic imine (C=N–C) groups is 1. The Morgan fingerprint density at radius 2 is 0.976 bits per heavy atom. The number of carbonyl (C=O) groups excluding carboxylic acids is 11. The number of likely N-dealkylation sites (tertiary alicyclic amines) is 4. The van der Waals surface area contributed by atoms with E-state index in [-0.39, 0.29) is 145 Å². The molecule has 0 radical (unpaired) electrons. The third-order valence-electron chi connectivity index (χ3n) is 20.1. The lowest BCUT2D eigenvalue weighted by Gasteiger charge is -2.32. The van der Waals surface area contributed by atoms with E-state index in [9.17, 15) is 93.4 Å². The monoisotopic (exact) mass is 1920 g/mol. The first-order valence-corrected chi connectivity index (χ1v) is 40.8. The number of aromatic carboxylic acids is 1. The molecular weight excluding hydrogens is 1840 g/mol. The normalized spacial score (nSPS) is 19.8. The molecule has 36 nitrogen and oxygen atoms in total. The topological polar surface area (TPSA) is 490 Å². The summed E-state index contributed by atoms with van der Waals surface area (Å²) < 4.78 is 105. The minimum absolute atomic E-state index is 0.0556. The number of fused-ring (bicyclic) bond motifs is 3. The van der Waals surface area contributed by atoms with Gasteiger partial charge in [0.05, 0.1) is 66.6 Å². The van der Waals surface area contributed by atoms with Crippen LogP contribution in [0.4, 0.5) is 64.4 Å². The summed E-state index contributed by atoms with van der Waals surface area (Å²) in [7, 11) is 0. The van der Waals surface area contributed by atoms with Gasteiger partial charge >= 0.3 is 12.0 Å². The average Bonchev–Trinajstić information content (AvgIpc) is 1.63.